The van der Waals surface area contributed by atoms with E-state index in [4.69, 9.17) is 0 Å². The number of amides is 1. The molecule has 2 fully saturated rings. The number of nitrogens with one attached hydrogen (secondary N) is 2. The van der Waals surface area contributed by atoms with E-state index in [1.807, 2.05) is 20.8 Å². The van der Waals surface area contributed by atoms with Gasteiger partial charge in [-0.2, -0.15) is 0 Å². The van der Waals surface area contributed by atoms with Gasteiger partial charge >= 0.3 is 0 Å². The fourth-order valence-electron chi connectivity index (χ4n) is 3.03. The lowest BCUT2D eigenvalue weighted by Gasteiger charge is -2.35. The van der Waals surface area contributed by atoms with Crippen LogP contribution >= 0.6 is 0 Å². The SMILES string of the molecule is CC(C(=O)NC(C)(C)C)N(CC1CCCNC1)C1CC1. The van der Waals surface area contributed by atoms with Crippen LogP contribution in [0.25, 0.3) is 0 Å². The van der Waals surface area contributed by atoms with Gasteiger partial charge in [0, 0.05) is 18.1 Å². The fraction of sp³-hybridized carbons (Fsp3) is 0.938. The second kappa shape index (κ2) is 6.44. The van der Waals surface area contributed by atoms with Gasteiger partial charge in [0.1, 0.15) is 0 Å². The molecular formula is C16H31N3O. The van der Waals surface area contributed by atoms with E-state index in [1.165, 1.54) is 25.7 Å². The van der Waals surface area contributed by atoms with Crippen molar-refractivity contribution in [3.05, 3.63) is 0 Å². The summed E-state index contributed by atoms with van der Waals surface area (Å²) in [5.74, 6) is 0.877. The van der Waals surface area contributed by atoms with Crippen molar-refractivity contribution in [3.63, 3.8) is 0 Å². The van der Waals surface area contributed by atoms with Gasteiger partial charge in [0.25, 0.3) is 0 Å². The molecule has 0 radical (unpaired) electrons. The zero-order chi connectivity index (χ0) is 14.8. The third-order valence-electron chi connectivity index (χ3n) is 4.26. The first-order valence-electron chi connectivity index (χ1n) is 8.15. The molecule has 0 spiro atoms. The Labute approximate surface area is 123 Å². The first-order chi connectivity index (χ1) is 9.37. The average Bonchev–Trinajstić information content (AvgIpc) is 3.18. The third kappa shape index (κ3) is 4.74. The maximum absolute atomic E-state index is 12.4. The Hall–Kier alpha value is -0.610. The quantitative estimate of drug-likeness (QED) is 0.807. The number of carbonyl (C=O) groups is 1. The molecule has 2 atom stereocenters. The predicted molar refractivity (Wildman–Crippen MR) is 82.7 cm³/mol. The Bertz CT molecular complexity index is 327. The summed E-state index contributed by atoms with van der Waals surface area (Å²) in [5, 5.41) is 6.60. The van der Waals surface area contributed by atoms with E-state index in [1.54, 1.807) is 0 Å². The Morgan fingerprint density at radius 3 is 2.55 bits per heavy atom. The number of hydrogen-bond acceptors (Lipinski definition) is 3. The summed E-state index contributed by atoms with van der Waals surface area (Å²) in [5.41, 5.74) is -0.146. The highest BCUT2D eigenvalue weighted by molar-refractivity contribution is 5.82. The van der Waals surface area contributed by atoms with Crippen LogP contribution in [0.1, 0.15) is 53.4 Å². The maximum Gasteiger partial charge on any atom is 0.237 e. The number of carbonyl (C=O) groups excluding carboxylic acids is 1. The van der Waals surface area contributed by atoms with Crippen molar-refractivity contribution < 1.29 is 4.79 Å². The van der Waals surface area contributed by atoms with Gasteiger partial charge in [-0.15, -0.1) is 0 Å². The molecule has 2 unspecified atom stereocenters. The number of piperidine rings is 1. The standard InChI is InChI=1S/C16H31N3O/c1-12(15(20)18-16(2,3)4)19(14-7-8-14)11-13-6-5-9-17-10-13/h12-14,17H,5-11H2,1-4H3,(H,18,20). The largest absolute Gasteiger partial charge is 0.350 e. The first-order valence-corrected chi connectivity index (χ1v) is 8.15. The Morgan fingerprint density at radius 1 is 1.35 bits per heavy atom. The summed E-state index contributed by atoms with van der Waals surface area (Å²) in [4.78, 5) is 14.8. The lowest BCUT2D eigenvalue weighted by atomic mass is 9.98. The summed E-state index contributed by atoms with van der Waals surface area (Å²) >= 11 is 0. The van der Waals surface area contributed by atoms with Gasteiger partial charge in [-0.1, -0.05) is 0 Å². The topological polar surface area (TPSA) is 44.4 Å². The molecule has 116 valence electrons. The van der Waals surface area contributed by atoms with Crippen LogP contribution < -0.4 is 10.6 Å². The van der Waals surface area contributed by atoms with E-state index in [-0.39, 0.29) is 17.5 Å². The van der Waals surface area contributed by atoms with E-state index >= 15 is 0 Å². The Morgan fingerprint density at radius 2 is 2.05 bits per heavy atom. The molecular weight excluding hydrogens is 250 g/mol. The molecule has 1 saturated heterocycles. The van der Waals surface area contributed by atoms with Crippen molar-refractivity contribution in [2.75, 3.05) is 19.6 Å². The monoisotopic (exact) mass is 281 g/mol. The average molecular weight is 281 g/mol. The molecule has 0 aromatic rings. The number of hydrogen-bond donors (Lipinski definition) is 2. The Balaban J connectivity index is 1.91. The van der Waals surface area contributed by atoms with E-state index in [0.717, 1.165) is 19.6 Å². The van der Waals surface area contributed by atoms with E-state index in [9.17, 15) is 4.79 Å². The zero-order valence-electron chi connectivity index (χ0n) is 13.5. The molecule has 2 N–H and O–H groups in total. The molecule has 4 nitrogen and oxygen atoms in total. The van der Waals surface area contributed by atoms with Crippen LogP contribution in [-0.2, 0) is 4.79 Å². The van der Waals surface area contributed by atoms with Gasteiger partial charge in [-0.3, -0.25) is 9.69 Å². The lowest BCUT2D eigenvalue weighted by Crippen LogP contribution is -2.53. The Kier molecular flexibility index (Phi) is 5.08. The number of rotatable bonds is 5. The van der Waals surface area contributed by atoms with Crippen LogP contribution in [0.15, 0.2) is 0 Å². The maximum atomic E-state index is 12.4. The van der Waals surface area contributed by atoms with E-state index < -0.39 is 0 Å². The van der Waals surface area contributed by atoms with Crippen LogP contribution in [0.4, 0.5) is 0 Å². The molecule has 2 aliphatic rings. The van der Waals surface area contributed by atoms with Crippen molar-refractivity contribution >= 4 is 5.91 Å². The van der Waals surface area contributed by atoms with Crippen molar-refractivity contribution in [2.45, 2.75) is 71.0 Å². The van der Waals surface area contributed by atoms with Crippen LogP contribution in [0.2, 0.25) is 0 Å². The van der Waals surface area contributed by atoms with Gasteiger partial charge in [-0.25, -0.2) is 0 Å². The smallest absolute Gasteiger partial charge is 0.237 e. The third-order valence-corrected chi connectivity index (χ3v) is 4.26. The van der Waals surface area contributed by atoms with Gasteiger partial charge in [0.2, 0.25) is 5.91 Å². The van der Waals surface area contributed by atoms with Gasteiger partial charge in [0.15, 0.2) is 0 Å². The minimum Gasteiger partial charge on any atom is -0.350 e. The second-order valence-electron chi connectivity index (χ2n) is 7.56. The van der Waals surface area contributed by atoms with Crippen molar-refractivity contribution in [1.29, 1.82) is 0 Å². The summed E-state index contributed by atoms with van der Waals surface area (Å²) in [7, 11) is 0. The van der Waals surface area contributed by atoms with Gasteiger partial charge in [0.05, 0.1) is 6.04 Å². The minimum absolute atomic E-state index is 0.0105. The van der Waals surface area contributed by atoms with Gasteiger partial charge < -0.3 is 10.6 Å². The highest BCUT2D eigenvalue weighted by Crippen LogP contribution is 2.30. The summed E-state index contributed by atoms with van der Waals surface area (Å²) in [6, 6.07) is 0.626. The molecule has 1 amide bonds. The summed E-state index contributed by atoms with van der Waals surface area (Å²) in [6.07, 6.45) is 5.08. The molecule has 2 rings (SSSR count). The second-order valence-corrected chi connectivity index (χ2v) is 7.56. The van der Waals surface area contributed by atoms with Crippen LogP contribution in [-0.4, -0.2) is 48.1 Å². The molecule has 1 saturated carbocycles. The molecule has 1 aliphatic carbocycles. The van der Waals surface area contributed by atoms with Gasteiger partial charge in [-0.05, 0) is 72.4 Å². The molecule has 20 heavy (non-hydrogen) atoms. The van der Waals surface area contributed by atoms with Crippen molar-refractivity contribution in [1.82, 2.24) is 15.5 Å². The van der Waals surface area contributed by atoms with E-state index in [2.05, 4.69) is 22.5 Å². The number of nitrogens with zero attached hydrogens (tertiary/aromatic N) is 1. The van der Waals surface area contributed by atoms with Crippen molar-refractivity contribution in [3.8, 4) is 0 Å². The van der Waals surface area contributed by atoms with Crippen molar-refractivity contribution in [2.24, 2.45) is 5.92 Å². The van der Waals surface area contributed by atoms with Crippen LogP contribution in [0.5, 0.6) is 0 Å². The van der Waals surface area contributed by atoms with Crippen LogP contribution in [0, 0.1) is 5.92 Å². The molecule has 0 aromatic heterocycles. The summed E-state index contributed by atoms with van der Waals surface area (Å²) < 4.78 is 0. The molecule has 4 heteroatoms. The predicted octanol–water partition coefficient (Wildman–Crippen LogP) is 1.75. The summed E-state index contributed by atoms with van der Waals surface area (Å²) in [6.45, 7) is 11.5. The van der Waals surface area contributed by atoms with E-state index in [0.29, 0.717) is 12.0 Å². The molecule has 1 aliphatic heterocycles. The molecule has 0 bridgehead atoms. The fourth-order valence-corrected chi connectivity index (χ4v) is 3.03. The highest BCUT2D eigenvalue weighted by atomic mass is 16.2. The molecule has 0 aromatic carbocycles. The van der Waals surface area contributed by atoms with Crippen LogP contribution in [0.3, 0.4) is 0 Å². The normalized spacial score (nSPS) is 25.6. The molecule has 1 heterocycles. The zero-order valence-corrected chi connectivity index (χ0v) is 13.5. The highest BCUT2D eigenvalue weighted by Gasteiger charge is 2.37. The lowest BCUT2D eigenvalue weighted by molar-refractivity contribution is -0.127. The minimum atomic E-state index is -0.146. The first kappa shape index (κ1) is 15.8.